The van der Waals surface area contributed by atoms with E-state index in [9.17, 15) is 0 Å². The number of rotatable bonds is 6. The summed E-state index contributed by atoms with van der Waals surface area (Å²) in [6.45, 7) is 5.25. The van der Waals surface area contributed by atoms with Crippen molar-refractivity contribution in [2.45, 2.75) is 32.7 Å². The fraction of sp³-hybridized carbons (Fsp3) is 0.375. The number of pyridine rings is 2. The Morgan fingerprint density at radius 2 is 1.95 bits per heavy atom. The summed E-state index contributed by atoms with van der Waals surface area (Å²) in [4.78, 5) is 8.81. The molecule has 0 saturated heterocycles. The van der Waals surface area contributed by atoms with Gasteiger partial charge in [0.15, 0.2) is 0 Å². The van der Waals surface area contributed by atoms with E-state index in [1.54, 1.807) is 0 Å². The Morgan fingerprint density at radius 3 is 2.63 bits per heavy atom. The minimum atomic E-state index is 0.281. The van der Waals surface area contributed by atoms with Gasteiger partial charge in [0.05, 0.1) is 0 Å². The van der Waals surface area contributed by atoms with Crippen LogP contribution in [-0.2, 0) is 6.42 Å². The molecule has 0 aliphatic carbocycles. The Labute approximate surface area is 115 Å². The van der Waals surface area contributed by atoms with E-state index in [2.05, 4.69) is 41.3 Å². The summed E-state index contributed by atoms with van der Waals surface area (Å²) in [5.41, 5.74) is 3.47. The first-order chi connectivity index (χ1) is 9.31. The number of nitrogens with one attached hydrogen (secondary N) is 1. The first kappa shape index (κ1) is 13.7. The van der Waals surface area contributed by atoms with Crippen LogP contribution >= 0.6 is 0 Å². The van der Waals surface area contributed by atoms with Gasteiger partial charge in [0.25, 0.3) is 0 Å². The van der Waals surface area contributed by atoms with E-state index in [-0.39, 0.29) is 6.04 Å². The molecule has 3 heteroatoms. The summed E-state index contributed by atoms with van der Waals surface area (Å²) in [5.74, 6) is 0. The Hall–Kier alpha value is -1.74. The quantitative estimate of drug-likeness (QED) is 0.862. The predicted molar refractivity (Wildman–Crippen MR) is 77.9 cm³/mol. The number of nitrogens with zero attached hydrogens (tertiary/aromatic N) is 2. The van der Waals surface area contributed by atoms with Crippen molar-refractivity contribution in [1.82, 2.24) is 15.3 Å². The molecular formula is C16H21N3. The zero-order valence-corrected chi connectivity index (χ0v) is 11.6. The van der Waals surface area contributed by atoms with Crippen molar-refractivity contribution in [3.63, 3.8) is 0 Å². The van der Waals surface area contributed by atoms with Crippen molar-refractivity contribution in [3.8, 4) is 0 Å². The average molecular weight is 255 g/mol. The summed E-state index contributed by atoms with van der Waals surface area (Å²) in [6.07, 6.45) is 5.71. The summed E-state index contributed by atoms with van der Waals surface area (Å²) in [5, 5.41) is 3.60. The minimum Gasteiger partial charge on any atom is -0.310 e. The van der Waals surface area contributed by atoms with Gasteiger partial charge < -0.3 is 5.32 Å². The van der Waals surface area contributed by atoms with Crippen molar-refractivity contribution >= 4 is 0 Å². The Morgan fingerprint density at radius 1 is 1.11 bits per heavy atom. The Bertz CT molecular complexity index is 496. The summed E-state index contributed by atoms with van der Waals surface area (Å²) in [6, 6.07) is 10.5. The van der Waals surface area contributed by atoms with E-state index >= 15 is 0 Å². The van der Waals surface area contributed by atoms with E-state index < -0.39 is 0 Å². The molecule has 0 spiro atoms. The van der Waals surface area contributed by atoms with Crippen LogP contribution < -0.4 is 5.32 Å². The highest BCUT2D eigenvalue weighted by Gasteiger charge is 2.14. The van der Waals surface area contributed by atoms with Gasteiger partial charge in [-0.2, -0.15) is 0 Å². The monoisotopic (exact) mass is 255 g/mol. The van der Waals surface area contributed by atoms with Gasteiger partial charge in [0, 0.05) is 36.2 Å². The molecule has 2 heterocycles. The topological polar surface area (TPSA) is 37.8 Å². The summed E-state index contributed by atoms with van der Waals surface area (Å²) >= 11 is 0. The summed E-state index contributed by atoms with van der Waals surface area (Å²) in [7, 11) is 0. The fourth-order valence-corrected chi connectivity index (χ4v) is 2.20. The molecule has 0 amide bonds. The van der Waals surface area contributed by atoms with Crippen molar-refractivity contribution < 1.29 is 0 Å². The first-order valence-corrected chi connectivity index (χ1v) is 6.86. The molecule has 0 fully saturated rings. The molecule has 0 bridgehead atoms. The molecule has 1 unspecified atom stereocenters. The van der Waals surface area contributed by atoms with Gasteiger partial charge in [-0.15, -0.1) is 0 Å². The Kier molecular flexibility index (Phi) is 5.04. The fourth-order valence-electron chi connectivity index (χ4n) is 2.20. The lowest BCUT2D eigenvalue weighted by molar-refractivity contribution is 0.520. The zero-order chi connectivity index (χ0) is 13.5. The third-order valence-electron chi connectivity index (χ3n) is 3.20. The standard InChI is InChI=1S/C16H21N3/c1-3-9-19-16(12-14-7-4-5-10-18-14)15-8-6-11-17-13(15)2/h4-8,10-11,16,19H,3,9,12H2,1-2H3. The van der Waals surface area contributed by atoms with Crippen LogP contribution in [0.25, 0.3) is 0 Å². The number of hydrogen-bond donors (Lipinski definition) is 1. The van der Waals surface area contributed by atoms with Crippen LogP contribution in [0, 0.1) is 6.92 Å². The van der Waals surface area contributed by atoms with Gasteiger partial charge in [-0.3, -0.25) is 9.97 Å². The number of hydrogen-bond acceptors (Lipinski definition) is 3. The molecule has 2 aromatic rings. The molecule has 0 aliphatic heterocycles. The normalized spacial score (nSPS) is 12.3. The van der Waals surface area contributed by atoms with Crippen molar-refractivity contribution in [1.29, 1.82) is 0 Å². The van der Waals surface area contributed by atoms with E-state index in [1.165, 1.54) is 5.56 Å². The molecule has 0 radical (unpaired) electrons. The van der Waals surface area contributed by atoms with Crippen LogP contribution in [-0.4, -0.2) is 16.5 Å². The van der Waals surface area contributed by atoms with E-state index in [0.717, 1.165) is 30.8 Å². The highest BCUT2D eigenvalue weighted by Crippen LogP contribution is 2.19. The molecule has 0 aromatic carbocycles. The lowest BCUT2D eigenvalue weighted by atomic mass is 10.0. The van der Waals surface area contributed by atoms with Crippen LogP contribution in [0.4, 0.5) is 0 Å². The van der Waals surface area contributed by atoms with Crippen molar-refractivity contribution in [2.75, 3.05) is 6.54 Å². The maximum Gasteiger partial charge on any atom is 0.0422 e. The number of aromatic nitrogens is 2. The maximum atomic E-state index is 4.42. The van der Waals surface area contributed by atoms with Gasteiger partial charge in [0.1, 0.15) is 0 Å². The Balaban J connectivity index is 2.19. The van der Waals surface area contributed by atoms with Crippen molar-refractivity contribution in [2.24, 2.45) is 0 Å². The zero-order valence-electron chi connectivity index (χ0n) is 11.6. The van der Waals surface area contributed by atoms with E-state index in [4.69, 9.17) is 0 Å². The van der Waals surface area contributed by atoms with Gasteiger partial charge >= 0.3 is 0 Å². The second-order valence-electron chi connectivity index (χ2n) is 4.71. The van der Waals surface area contributed by atoms with Crippen molar-refractivity contribution in [3.05, 3.63) is 59.7 Å². The molecule has 3 nitrogen and oxygen atoms in total. The van der Waals surface area contributed by atoms with Gasteiger partial charge in [-0.1, -0.05) is 19.1 Å². The largest absolute Gasteiger partial charge is 0.310 e. The molecule has 2 aromatic heterocycles. The molecule has 0 aliphatic rings. The maximum absolute atomic E-state index is 4.42. The number of aryl methyl sites for hydroxylation is 1. The van der Waals surface area contributed by atoms with Crippen LogP contribution in [0.2, 0.25) is 0 Å². The molecule has 19 heavy (non-hydrogen) atoms. The average Bonchev–Trinajstić information content (AvgIpc) is 2.45. The highest BCUT2D eigenvalue weighted by atomic mass is 14.9. The first-order valence-electron chi connectivity index (χ1n) is 6.86. The molecule has 2 rings (SSSR count). The lowest BCUT2D eigenvalue weighted by Crippen LogP contribution is -2.25. The smallest absolute Gasteiger partial charge is 0.0422 e. The van der Waals surface area contributed by atoms with Crippen LogP contribution in [0.3, 0.4) is 0 Å². The second-order valence-corrected chi connectivity index (χ2v) is 4.71. The van der Waals surface area contributed by atoms with Gasteiger partial charge in [-0.05, 0) is 43.7 Å². The third-order valence-corrected chi connectivity index (χ3v) is 3.20. The molecular weight excluding hydrogens is 234 g/mol. The van der Waals surface area contributed by atoms with Crippen LogP contribution in [0.5, 0.6) is 0 Å². The van der Waals surface area contributed by atoms with E-state index in [1.807, 2.05) is 30.6 Å². The minimum absolute atomic E-state index is 0.281. The second kappa shape index (κ2) is 7.00. The molecule has 1 atom stereocenters. The third kappa shape index (κ3) is 3.86. The summed E-state index contributed by atoms with van der Waals surface area (Å²) < 4.78 is 0. The van der Waals surface area contributed by atoms with E-state index in [0.29, 0.717) is 0 Å². The molecule has 0 saturated carbocycles. The van der Waals surface area contributed by atoms with Crippen LogP contribution in [0.15, 0.2) is 42.7 Å². The lowest BCUT2D eigenvalue weighted by Gasteiger charge is -2.20. The molecule has 100 valence electrons. The highest BCUT2D eigenvalue weighted by molar-refractivity contribution is 5.24. The molecule has 1 N–H and O–H groups in total. The van der Waals surface area contributed by atoms with Crippen LogP contribution in [0.1, 0.15) is 36.3 Å². The SMILES string of the molecule is CCCNC(Cc1ccccn1)c1cccnc1C. The van der Waals surface area contributed by atoms with Gasteiger partial charge in [-0.25, -0.2) is 0 Å². The predicted octanol–water partition coefficient (Wildman–Crippen LogP) is 3.07. The van der Waals surface area contributed by atoms with Gasteiger partial charge in [0.2, 0.25) is 0 Å².